The van der Waals surface area contributed by atoms with E-state index in [0.29, 0.717) is 3.57 Å². The maximum absolute atomic E-state index is 12.2. The lowest BCUT2D eigenvalue weighted by Crippen LogP contribution is -2.17. The van der Waals surface area contributed by atoms with E-state index in [2.05, 4.69) is 10.5 Å². The molecule has 6 heteroatoms. The second kappa shape index (κ2) is 6.88. The predicted octanol–water partition coefficient (Wildman–Crippen LogP) is 3.62. The van der Waals surface area contributed by atoms with Crippen LogP contribution >= 0.6 is 22.6 Å². The Labute approximate surface area is 151 Å². The third-order valence-electron chi connectivity index (χ3n) is 3.46. The Morgan fingerprint density at radius 2 is 1.71 bits per heavy atom. The minimum atomic E-state index is -0.497. The quantitative estimate of drug-likeness (QED) is 0.336. The fraction of sp³-hybridized carbons (Fsp3) is 0. The summed E-state index contributed by atoms with van der Waals surface area (Å²) in [7, 11) is 0. The molecule has 0 radical (unpaired) electrons. The molecule has 0 saturated carbocycles. The van der Waals surface area contributed by atoms with Crippen LogP contribution in [0, 0.1) is 3.57 Å². The first-order valence-corrected chi connectivity index (χ1v) is 8.16. The molecule has 0 aromatic heterocycles. The van der Waals surface area contributed by atoms with E-state index in [4.69, 9.17) is 0 Å². The molecule has 24 heavy (non-hydrogen) atoms. The SMILES string of the molecule is O=C(N/N=C/c1ccc(O)c(I)c1)c1cc2ccccc2cc1O. The molecular weight excluding hydrogens is 419 g/mol. The van der Waals surface area contributed by atoms with Crippen LogP contribution in [0.4, 0.5) is 0 Å². The minimum absolute atomic E-state index is 0.0967. The largest absolute Gasteiger partial charge is 0.507 e. The highest BCUT2D eigenvalue weighted by Gasteiger charge is 2.11. The van der Waals surface area contributed by atoms with Crippen molar-refractivity contribution in [2.24, 2.45) is 5.10 Å². The fourth-order valence-corrected chi connectivity index (χ4v) is 2.78. The summed E-state index contributed by atoms with van der Waals surface area (Å²) >= 11 is 2.00. The van der Waals surface area contributed by atoms with Crippen LogP contribution in [-0.4, -0.2) is 22.3 Å². The fourth-order valence-electron chi connectivity index (χ4n) is 2.24. The Hall–Kier alpha value is -2.61. The third-order valence-corrected chi connectivity index (χ3v) is 4.32. The van der Waals surface area contributed by atoms with Crippen LogP contribution in [0.2, 0.25) is 0 Å². The van der Waals surface area contributed by atoms with E-state index in [1.165, 1.54) is 6.21 Å². The van der Waals surface area contributed by atoms with Gasteiger partial charge in [0.2, 0.25) is 0 Å². The molecule has 0 aliphatic rings. The van der Waals surface area contributed by atoms with Gasteiger partial charge in [0.05, 0.1) is 15.3 Å². The molecule has 1 amide bonds. The molecule has 0 unspecified atom stereocenters. The van der Waals surface area contributed by atoms with Gasteiger partial charge in [-0.25, -0.2) is 5.43 Å². The van der Waals surface area contributed by atoms with Crippen molar-refractivity contribution in [2.45, 2.75) is 0 Å². The monoisotopic (exact) mass is 432 g/mol. The molecule has 3 N–H and O–H groups in total. The number of nitrogens with one attached hydrogen (secondary N) is 1. The van der Waals surface area contributed by atoms with Crippen molar-refractivity contribution < 1.29 is 15.0 Å². The lowest BCUT2D eigenvalue weighted by molar-refractivity contribution is 0.0952. The van der Waals surface area contributed by atoms with Crippen molar-refractivity contribution in [2.75, 3.05) is 0 Å². The van der Waals surface area contributed by atoms with Gasteiger partial charge >= 0.3 is 0 Å². The molecule has 0 atom stereocenters. The number of nitrogens with zero attached hydrogens (tertiary/aromatic N) is 1. The Morgan fingerprint density at radius 1 is 1.00 bits per heavy atom. The first-order chi connectivity index (χ1) is 11.5. The number of hydrazone groups is 1. The van der Waals surface area contributed by atoms with Crippen LogP contribution < -0.4 is 5.43 Å². The highest BCUT2D eigenvalue weighted by molar-refractivity contribution is 14.1. The zero-order valence-corrected chi connectivity index (χ0v) is 14.6. The van der Waals surface area contributed by atoms with Crippen LogP contribution in [0.5, 0.6) is 11.5 Å². The number of phenols is 2. The molecule has 0 saturated heterocycles. The van der Waals surface area contributed by atoms with Crippen molar-refractivity contribution in [1.82, 2.24) is 5.43 Å². The molecule has 0 aliphatic heterocycles. The molecule has 3 aromatic rings. The number of halogens is 1. The highest BCUT2D eigenvalue weighted by atomic mass is 127. The summed E-state index contributed by atoms with van der Waals surface area (Å²) in [6.07, 6.45) is 1.47. The van der Waals surface area contributed by atoms with E-state index >= 15 is 0 Å². The first kappa shape index (κ1) is 16.3. The average Bonchev–Trinajstić information content (AvgIpc) is 2.57. The number of amides is 1. The van der Waals surface area contributed by atoms with E-state index in [1.807, 2.05) is 46.9 Å². The van der Waals surface area contributed by atoms with Gasteiger partial charge in [0, 0.05) is 0 Å². The van der Waals surface area contributed by atoms with Gasteiger partial charge in [-0.2, -0.15) is 5.10 Å². The molecule has 0 aliphatic carbocycles. The number of hydrogen-bond acceptors (Lipinski definition) is 4. The number of benzene rings is 3. The summed E-state index contributed by atoms with van der Waals surface area (Å²) < 4.78 is 0.690. The molecule has 120 valence electrons. The normalized spacial score (nSPS) is 11.0. The lowest BCUT2D eigenvalue weighted by atomic mass is 10.1. The van der Waals surface area contributed by atoms with Gasteiger partial charge < -0.3 is 10.2 Å². The minimum Gasteiger partial charge on any atom is -0.507 e. The first-order valence-electron chi connectivity index (χ1n) is 7.08. The summed E-state index contributed by atoms with van der Waals surface area (Å²) in [5.41, 5.74) is 3.29. The molecular formula is C18H13IN2O3. The van der Waals surface area contributed by atoms with Crippen LogP contribution in [-0.2, 0) is 0 Å². The van der Waals surface area contributed by atoms with E-state index in [9.17, 15) is 15.0 Å². The topological polar surface area (TPSA) is 81.9 Å². The molecule has 0 spiro atoms. The summed E-state index contributed by atoms with van der Waals surface area (Å²) in [6, 6.07) is 15.6. The van der Waals surface area contributed by atoms with Crippen molar-refractivity contribution >= 4 is 45.5 Å². The molecule has 0 fully saturated rings. The van der Waals surface area contributed by atoms with Crippen molar-refractivity contribution in [3.63, 3.8) is 0 Å². The highest BCUT2D eigenvalue weighted by Crippen LogP contribution is 2.25. The summed E-state index contributed by atoms with van der Waals surface area (Å²) in [6.45, 7) is 0. The Balaban J connectivity index is 1.78. The maximum Gasteiger partial charge on any atom is 0.275 e. The Bertz CT molecular complexity index is 954. The van der Waals surface area contributed by atoms with E-state index in [1.54, 1.807) is 30.3 Å². The van der Waals surface area contributed by atoms with Crippen LogP contribution in [0.25, 0.3) is 10.8 Å². The second-order valence-electron chi connectivity index (χ2n) is 5.13. The second-order valence-corrected chi connectivity index (χ2v) is 6.29. The third kappa shape index (κ3) is 3.48. The molecule has 5 nitrogen and oxygen atoms in total. The van der Waals surface area contributed by atoms with Crippen molar-refractivity contribution in [1.29, 1.82) is 0 Å². The molecule has 0 heterocycles. The number of aromatic hydroxyl groups is 2. The van der Waals surface area contributed by atoms with Crippen molar-refractivity contribution in [3.8, 4) is 11.5 Å². The zero-order chi connectivity index (χ0) is 17.1. The number of phenolic OH excluding ortho intramolecular Hbond substituents is 2. The number of fused-ring (bicyclic) bond motifs is 1. The maximum atomic E-state index is 12.2. The van der Waals surface area contributed by atoms with Gasteiger partial charge in [-0.1, -0.05) is 24.3 Å². The predicted molar refractivity (Wildman–Crippen MR) is 101 cm³/mol. The van der Waals surface area contributed by atoms with E-state index in [0.717, 1.165) is 16.3 Å². The van der Waals surface area contributed by atoms with Gasteiger partial charge in [0.15, 0.2) is 0 Å². The number of rotatable bonds is 3. The van der Waals surface area contributed by atoms with Crippen molar-refractivity contribution in [3.05, 3.63) is 69.3 Å². The lowest BCUT2D eigenvalue weighted by Gasteiger charge is -2.05. The summed E-state index contributed by atoms with van der Waals surface area (Å²) in [5, 5.41) is 25.1. The summed E-state index contributed by atoms with van der Waals surface area (Å²) in [5.74, 6) is -0.401. The zero-order valence-electron chi connectivity index (χ0n) is 12.4. The number of carbonyl (C=O) groups is 1. The van der Waals surface area contributed by atoms with Gasteiger partial charge in [0.25, 0.3) is 5.91 Å². The molecule has 3 aromatic carbocycles. The number of carbonyl (C=O) groups excluding carboxylic acids is 1. The van der Waals surface area contributed by atoms with E-state index in [-0.39, 0.29) is 17.1 Å². The smallest absolute Gasteiger partial charge is 0.275 e. The van der Waals surface area contributed by atoms with Crippen LogP contribution in [0.1, 0.15) is 15.9 Å². The standard InChI is InChI=1S/C18H13IN2O3/c19-15-7-11(5-6-16(15)22)10-20-21-18(24)14-8-12-3-1-2-4-13(12)9-17(14)23/h1-10,22-23H,(H,21,24)/b20-10+. The van der Waals surface area contributed by atoms with Gasteiger partial charge in [-0.15, -0.1) is 0 Å². The molecule has 0 bridgehead atoms. The molecule has 3 rings (SSSR count). The Kier molecular flexibility index (Phi) is 4.66. The summed E-state index contributed by atoms with van der Waals surface area (Å²) in [4.78, 5) is 12.2. The average molecular weight is 432 g/mol. The van der Waals surface area contributed by atoms with Crippen LogP contribution in [0.15, 0.2) is 59.7 Å². The van der Waals surface area contributed by atoms with Gasteiger partial charge in [-0.05, 0) is 69.3 Å². The number of hydrogen-bond donors (Lipinski definition) is 3. The van der Waals surface area contributed by atoms with Crippen LogP contribution in [0.3, 0.4) is 0 Å². The van der Waals surface area contributed by atoms with E-state index < -0.39 is 5.91 Å². The van der Waals surface area contributed by atoms with Gasteiger partial charge in [0.1, 0.15) is 11.5 Å². The van der Waals surface area contributed by atoms with Gasteiger partial charge in [-0.3, -0.25) is 4.79 Å². The Morgan fingerprint density at radius 3 is 2.42 bits per heavy atom.